The molecular weight excluding hydrogens is 418 g/mol. The Kier molecular flexibility index (Phi) is 4.93. The van der Waals surface area contributed by atoms with E-state index < -0.39 is 11.7 Å². The number of hydrogen-bond acceptors (Lipinski definition) is 1. The highest BCUT2D eigenvalue weighted by atomic mass is 79.9. The van der Waals surface area contributed by atoms with E-state index in [1.807, 2.05) is 0 Å². The lowest BCUT2D eigenvalue weighted by molar-refractivity contribution is -0.137. The summed E-state index contributed by atoms with van der Waals surface area (Å²) in [5.41, 5.74) is 0.438. The van der Waals surface area contributed by atoms with E-state index in [1.165, 1.54) is 18.2 Å². The fourth-order valence-electron chi connectivity index (χ4n) is 1.70. The molecule has 1 nitrogen and oxygen atoms in total. The van der Waals surface area contributed by atoms with Crippen LogP contribution in [0, 0.1) is 5.82 Å². The average Bonchev–Trinajstić information content (AvgIpc) is 2.40. The molecule has 0 bridgehead atoms. The Morgan fingerprint density at radius 2 is 1.67 bits per heavy atom. The monoisotopic (exact) mass is 425 g/mol. The second-order valence-electron chi connectivity index (χ2n) is 4.28. The van der Waals surface area contributed by atoms with E-state index in [0.29, 0.717) is 15.7 Å². The van der Waals surface area contributed by atoms with Crippen molar-refractivity contribution < 1.29 is 17.6 Å². The Bertz CT molecular complexity index is 656. The molecule has 0 radical (unpaired) electrons. The van der Waals surface area contributed by atoms with Crippen molar-refractivity contribution in [3.63, 3.8) is 0 Å². The summed E-state index contributed by atoms with van der Waals surface area (Å²) in [7, 11) is 0. The fraction of sp³-hybridized carbons (Fsp3) is 0.143. The Morgan fingerprint density at radius 1 is 0.952 bits per heavy atom. The number of nitrogens with one attached hydrogen (secondary N) is 1. The van der Waals surface area contributed by atoms with Gasteiger partial charge in [0.05, 0.1) is 5.56 Å². The van der Waals surface area contributed by atoms with Crippen molar-refractivity contribution in [1.82, 2.24) is 0 Å². The van der Waals surface area contributed by atoms with Crippen LogP contribution in [0.3, 0.4) is 0 Å². The first-order valence-electron chi connectivity index (χ1n) is 5.82. The van der Waals surface area contributed by atoms with Crippen molar-refractivity contribution in [2.75, 3.05) is 5.32 Å². The summed E-state index contributed by atoms with van der Waals surface area (Å²) in [5, 5.41) is 2.97. The Labute approximate surface area is 135 Å². The van der Waals surface area contributed by atoms with Gasteiger partial charge in [-0.25, -0.2) is 4.39 Å². The van der Waals surface area contributed by atoms with E-state index >= 15 is 0 Å². The molecule has 0 unspecified atom stereocenters. The minimum atomic E-state index is -4.38. The van der Waals surface area contributed by atoms with E-state index in [0.717, 1.165) is 16.6 Å². The molecule has 112 valence electrons. The van der Waals surface area contributed by atoms with Crippen LogP contribution < -0.4 is 5.32 Å². The topological polar surface area (TPSA) is 12.0 Å². The number of rotatable bonds is 3. The van der Waals surface area contributed by atoms with Crippen LogP contribution in [0.5, 0.6) is 0 Å². The Balaban J connectivity index is 2.15. The molecule has 0 saturated carbocycles. The van der Waals surface area contributed by atoms with Crippen molar-refractivity contribution in [3.05, 3.63) is 62.3 Å². The molecule has 2 aromatic carbocycles. The molecule has 2 rings (SSSR count). The smallest absolute Gasteiger partial charge is 0.380 e. The second kappa shape index (κ2) is 6.36. The first-order valence-corrected chi connectivity index (χ1v) is 7.40. The molecule has 0 aliphatic carbocycles. The number of anilines is 1. The summed E-state index contributed by atoms with van der Waals surface area (Å²) in [6, 6.07) is 7.58. The second-order valence-corrected chi connectivity index (χ2v) is 5.99. The maximum absolute atomic E-state index is 13.2. The molecule has 0 fully saturated rings. The summed E-state index contributed by atoms with van der Waals surface area (Å²) in [6.07, 6.45) is -4.38. The van der Waals surface area contributed by atoms with Crippen LogP contribution in [0.1, 0.15) is 11.1 Å². The number of halogens is 6. The third kappa shape index (κ3) is 4.20. The highest BCUT2D eigenvalue weighted by molar-refractivity contribution is 9.11. The van der Waals surface area contributed by atoms with Gasteiger partial charge in [0.25, 0.3) is 0 Å². The van der Waals surface area contributed by atoms with Gasteiger partial charge in [-0.05, 0) is 57.9 Å². The third-order valence-electron chi connectivity index (χ3n) is 2.77. The zero-order valence-corrected chi connectivity index (χ0v) is 13.6. The third-order valence-corrected chi connectivity index (χ3v) is 4.20. The minimum absolute atomic E-state index is 0.280. The van der Waals surface area contributed by atoms with Crippen molar-refractivity contribution >= 4 is 37.5 Å². The van der Waals surface area contributed by atoms with Gasteiger partial charge in [-0.15, -0.1) is 0 Å². The van der Waals surface area contributed by atoms with Crippen molar-refractivity contribution in [2.24, 2.45) is 0 Å². The van der Waals surface area contributed by atoms with E-state index in [1.54, 1.807) is 6.07 Å². The molecule has 0 atom stereocenters. The quantitative estimate of drug-likeness (QED) is 0.595. The molecule has 0 saturated heterocycles. The van der Waals surface area contributed by atoms with Gasteiger partial charge >= 0.3 is 6.18 Å². The first-order chi connectivity index (χ1) is 9.77. The molecule has 0 amide bonds. The summed E-state index contributed by atoms with van der Waals surface area (Å²) in [5.74, 6) is -0.374. The largest absolute Gasteiger partial charge is 0.416 e. The summed E-state index contributed by atoms with van der Waals surface area (Å²) in [6.45, 7) is 0.280. The zero-order chi connectivity index (χ0) is 15.6. The molecule has 0 spiro atoms. The van der Waals surface area contributed by atoms with Crippen LogP contribution in [-0.2, 0) is 12.7 Å². The van der Waals surface area contributed by atoms with Crippen LogP contribution in [0.2, 0.25) is 0 Å². The summed E-state index contributed by atoms with van der Waals surface area (Å²) < 4.78 is 51.8. The Hall–Kier alpha value is -1.08. The molecule has 0 aliphatic rings. The molecule has 0 aromatic heterocycles. The first kappa shape index (κ1) is 16.3. The molecule has 1 N–H and O–H groups in total. The molecule has 21 heavy (non-hydrogen) atoms. The van der Waals surface area contributed by atoms with Crippen LogP contribution >= 0.6 is 31.9 Å². The van der Waals surface area contributed by atoms with E-state index in [2.05, 4.69) is 37.2 Å². The maximum Gasteiger partial charge on any atom is 0.416 e. The zero-order valence-electron chi connectivity index (χ0n) is 10.4. The molecule has 0 aliphatic heterocycles. The lowest BCUT2D eigenvalue weighted by Crippen LogP contribution is -2.06. The average molecular weight is 427 g/mol. The number of alkyl halides is 3. The predicted molar refractivity (Wildman–Crippen MR) is 80.6 cm³/mol. The standard InChI is InChI=1S/C14H9Br2F4N/c15-11-3-2-10(17)5-8(11)7-21-13-4-1-9(6-12(13)16)14(18,19)20/h1-6,21H,7H2. The van der Waals surface area contributed by atoms with Crippen molar-refractivity contribution in [2.45, 2.75) is 12.7 Å². The number of benzene rings is 2. The van der Waals surface area contributed by atoms with E-state index in [4.69, 9.17) is 0 Å². The summed E-state index contributed by atoms with van der Waals surface area (Å²) in [4.78, 5) is 0. The molecular formula is C14H9Br2F4N. The van der Waals surface area contributed by atoms with Crippen molar-refractivity contribution in [1.29, 1.82) is 0 Å². The van der Waals surface area contributed by atoms with Gasteiger partial charge in [-0.1, -0.05) is 15.9 Å². The predicted octanol–water partition coefficient (Wildman–Crippen LogP) is 5.98. The number of hydrogen-bond donors (Lipinski definition) is 1. The molecule has 2 aromatic rings. The maximum atomic E-state index is 13.2. The highest BCUT2D eigenvalue weighted by Crippen LogP contribution is 2.34. The lowest BCUT2D eigenvalue weighted by Gasteiger charge is -2.13. The van der Waals surface area contributed by atoms with Gasteiger partial charge in [0, 0.05) is 21.2 Å². The van der Waals surface area contributed by atoms with E-state index in [-0.39, 0.29) is 12.4 Å². The minimum Gasteiger partial charge on any atom is -0.380 e. The highest BCUT2D eigenvalue weighted by Gasteiger charge is 2.30. The molecule has 0 heterocycles. The van der Waals surface area contributed by atoms with Crippen LogP contribution in [0.15, 0.2) is 45.3 Å². The van der Waals surface area contributed by atoms with Gasteiger partial charge in [0.1, 0.15) is 5.82 Å². The van der Waals surface area contributed by atoms with Gasteiger partial charge in [0.2, 0.25) is 0 Å². The normalized spacial score (nSPS) is 11.5. The van der Waals surface area contributed by atoms with E-state index in [9.17, 15) is 17.6 Å². The Morgan fingerprint density at radius 3 is 2.29 bits per heavy atom. The van der Waals surface area contributed by atoms with Crippen LogP contribution in [0.25, 0.3) is 0 Å². The lowest BCUT2D eigenvalue weighted by atomic mass is 10.2. The van der Waals surface area contributed by atoms with Gasteiger partial charge in [-0.3, -0.25) is 0 Å². The summed E-state index contributed by atoms with van der Waals surface area (Å²) >= 11 is 6.39. The fourth-order valence-corrected chi connectivity index (χ4v) is 2.61. The SMILES string of the molecule is Fc1ccc(Br)c(CNc2ccc(C(F)(F)F)cc2Br)c1. The molecule has 7 heteroatoms. The van der Waals surface area contributed by atoms with Gasteiger partial charge in [-0.2, -0.15) is 13.2 Å². The van der Waals surface area contributed by atoms with Crippen molar-refractivity contribution in [3.8, 4) is 0 Å². The van der Waals surface area contributed by atoms with Crippen LogP contribution in [-0.4, -0.2) is 0 Å². The van der Waals surface area contributed by atoms with Gasteiger partial charge in [0.15, 0.2) is 0 Å². The van der Waals surface area contributed by atoms with Crippen LogP contribution in [0.4, 0.5) is 23.2 Å². The van der Waals surface area contributed by atoms with Gasteiger partial charge < -0.3 is 5.32 Å².